The van der Waals surface area contributed by atoms with Crippen molar-refractivity contribution in [1.29, 1.82) is 0 Å². The van der Waals surface area contributed by atoms with Crippen LogP contribution in [-0.4, -0.2) is 19.3 Å². The Labute approximate surface area is 112 Å². The number of benzene rings is 1. The van der Waals surface area contributed by atoms with Crippen LogP contribution in [0.5, 0.6) is 0 Å². The molecule has 0 radical (unpaired) electrons. The van der Waals surface area contributed by atoms with Gasteiger partial charge >= 0.3 is 0 Å². The van der Waals surface area contributed by atoms with Gasteiger partial charge in [0.05, 0.1) is 6.61 Å². The minimum Gasteiger partial charge on any atom is -0.380 e. The third-order valence-corrected chi connectivity index (χ3v) is 3.00. The Bertz CT molecular complexity index is 337. The summed E-state index contributed by atoms with van der Waals surface area (Å²) < 4.78 is 5.47. The quantitative estimate of drug-likeness (QED) is 0.785. The lowest BCUT2D eigenvalue weighted by atomic mass is 9.86. The second-order valence-corrected chi connectivity index (χ2v) is 5.99. The van der Waals surface area contributed by atoms with E-state index in [9.17, 15) is 0 Å². The maximum Gasteiger partial charge on any atom is 0.0620 e. The topological polar surface area (TPSA) is 35.2 Å². The van der Waals surface area contributed by atoms with Crippen molar-refractivity contribution in [2.45, 2.75) is 52.0 Å². The predicted molar refractivity (Wildman–Crippen MR) is 77.9 cm³/mol. The number of rotatable bonds is 6. The largest absolute Gasteiger partial charge is 0.380 e. The van der Waals surface area contributed by atoms with Gasteiger partial charge in [0.2, 0.25) is 0 Å². The molecule has 0 fully saturated rings. The maximum atomic E-state index is 6.05. The fourth-order valence-corrected chi connectivity index (χ4v) is 1.88. The van der Waals surface area contributed by atoms with E-state index < -0.39 is 0 Å². The molecule has 1 aromatic rings. The Balaban J connectivity index is 2.48. The fourth-order valence-electron chi connectivity index (χ4n) is 1.88. The van der Waals surface area contributed by atoms with Crippen LogP contribution in [0.2, 0.25) is 0 Å². The fraction of sp³-hybridized carbons (Fsp3) is 0.625. The van der Waals surface area contributed by atoms with E-state index >= 15 is 0 Å². The van der Waals surface area contributed by atoms with E-state index in [1.807, 2.05) is 0 Å². The van der Waals surface area contributed by atoms with Gasteiger partial charge in [-0.2, -0.15) is 0 Å². The number of nitrogens with two attached hydrogens (primary N) is 1. The molecule has 2 N–H and O–H groups in total. The summed E-state index contributed by atoms with van der Waals surface area (Å²) >= 11 is 0. The van der Waals surface area contributed by atoms with Crippen LogP contribution in [0.4, 0.5) is 0 Å². The van der Waals surface area contributed by atoms with Gasteiger partial charge in [-0.05, 0) is 29.4 Å². The van der Waals surface area contributed by atoms with Crippen LogP contribution in [-0.2, 0) is 16.6 Å². The van der Waals surface area contributed by atoms with Crippen LogP contribution in [0.3, 0.4) is 0 Å². The Morgan fingerprint density at radius 1 is 1.17 bits per heavy atom. The van der Waals surface area contributed by atoms with E-state index in [4.69, 9.17) is 10.5 Å². The average Bonchev–Trinajstić information content (AvgIpc) is 2.29. The molecule has 1 rings (SSSR count). The summed E-state index contributed by atoms with van der Waals surface area (Å²) in [6.07, 6.45) is 1.93. The smallest absolute Gasteiger partial charge is 0.0620 e. The van der Waals surface area contributed by atoms with Gasteiger partial charge in [-0.3, -0.25) is 0 Å². The Kier molecular flexibility index (Phi) is 5.83. The van der Waals surface area contributed by atoms with Gasteiger partial charge in [0.25, 0.3) is 0 Å². The minimum atomic E-state index is 0.0945. The van der Waals surface area contributed by atoms with Crippen LogP contribution < -0.4 is 5.73 Å². The summed E-state index contributed by atoms with van der Waals surface area (Å²) in [4.78, 5) is 0. The molecule has 0 aliphatic carbocycles. The summed E-state index contributed by atoms with van der Waals surface area (Å²) in [5.41, 5.74) is 8.91. The first-order valence-electron chi connectivity index (χ1n) is 6.86. The van der Waals surface area contributed by atoms with Gasteiger partial charge < -0.3 is 10.5 Å². The molecule has 18 heavy (non-hydrogen) atoms. The highest BCUT2D eigenvalue weighted by Gasteiger charge is 2.13. The van der Waals surface area contributed by atoms with E-state index in [2.05, 4.69) is 52.0 Å². The Hall–Kier alpha value is -0.860. The lowest BCUT2D eigenvalue weighted by Crippen LogP contribution is -2.28. The van der Waals surface area contributed by atoms with Crippen LogP contribution in [0, 0.1) is 0 Å². The second kappa shape index (κ2) is 6.91. The van der Waals surface area contributed by atoms with Crippen molar-refractivity contribution >= 4 is 0 Å². The van der Waals surface area contributed by atoms with Crippen molar-refractivity contribution in [3.63, 3.8) is 0 Å². The highest BCUT2D eigenvalue weighted by Crippen LogP contribution is 2.22. The van der Waals surface area contributed by atoms with Crippen molar-refractivity contribution in [2.75, 3.05) is 13.2 Å². The molecule has 0 aromatic heterocycles. The van der Waals surface area contributed by atoms with Gasteiger partial charge in [0.1, 0.15) is 0 Å². The molecule has 0 saturated carbocycles. The molecule has 0 heterocycles. The molecule has 0 saturated heterocycles. The number of hydrogen-bond donors (Lipinski definition) is 1. The standard InChI is InChI=1S/C16H27NO/c1-5-10-18-12-15(17)11-13-6-8-14(9-7-13)16(2,3)4/h6-9,15H,5,10-12,17H2,1-4H3. The van der Waals surface area contributed by atoms with Crippen LogP contribution in [0.25, 0.3) is 0 Å². The molecule has 0 aliphatic heterocycles. The molecule has 0 spiro atoms. The van der Waals surface area contributed by atoms with E-state index in [0.29, 0.717) is 6.61 Å². The first-order valence-corrected chi connectivity index (χ1v) is 6.86. The lowest BCUT2D eigenvalue weighted by molar-refractivity contribution is 0.121. The van der Waals surface area contributed by atoms with Crippen molar-refractivity contribution in [3.8, 4) is 0 Å². The summed E-state index contributed by atoms with van der Waals surface area (Å²) in [5, 5.41) is 0. The molecular weight excluding hydrogens is 222 g/mol. The highest BCUT2D eigenvalue weighted by molar-refractivity contribution is 5.27. The van der Waals surface area contributed by atoms with Crippen LogP contribution in [0.15, 0.2) is 24.3 Å². The maximum absolute atomic E-state index is 6.05. The predicted octanol–water partition coefficient (Wildman–Crippen LogP) is 3.28. The molecule has 1 aromatic carbocycles. The minimum absolute atomic E-state index is 0.0945. The molecule has 2 nitrogen and oxygen atoms in total. The van der Waals surface area contributed by atoms with E-state index in [1.54, 1.807) is 0 Å². The third kappa shape index (κ3) is 5.19. The van der Waals surface area contributed by atoms with E-state index in [1.165, 1.54) is 11.1 Å². The number of hydrogen-bond acceptors (Lipinski definition) is 2. The lowest BCUT2D eigenvalue weighted by Gasteiger charge is -2.19. The molecule has 102 valence electrons. The van der Waals surface area contributed by atoms with E-state index in [-0.39, 0.29) is 11.5 Å². The zero-order chi connectivity index (χ0) is 13.6. The Morgan fingerprint density at radius 3 is 2.28 bits per heavy atom. The monoisotopic (exact) mass is 249 g/mol. The highest BCUT2D eigenvalue weighted by atomic mass is 16.5. The molecule has 0 bridgehead atoms. The van der Waals surface area contributed by atoms with Crippen molar-refractivity contribution in [1.82, 2.24) is 0 Å². The first-order chi connectivity index (χ1) is 8.43. The Morgan fingerprint density at radius 2 is 1.78 bits per heavy atom. The van der Waals surface area contributed by atoms with Crippen LogP contribution >= 0.6 is 0 Å². The first kappa shape index (κ1) is 15.2. The molecule has 0 amide bonds. The average molecular weight is 249 g/mol. The zero-order valence-corrected chi connectivity index (χ0v) is 12.2. The van der Waals surface area contributed by atoms with Crippen LogP contribution in [0.1, 0.15) is 45.2 Å². The summed E-state index contributed by atoms with van der Waals surface area (Å²) in [6, 6.07) is 8.86. The molecule has 1 atom stereocenters. The van der Waals surface area contributed by atoms with E-state index in [0.717, 1.165) is 19.4 Å². The summed E-state index contributed by atoms with van der Waals surface area (Å²) in [5.74, 6) is 0. The third-order valence-electron chi connectivity index (χ3n) is 3.00. The summed E-state index contributed by atoms with van der Waals surface area (Å²) in [7, 11) is 0. The normalized spacial score (nSPS) is 13.6. The zero-order valence-electron chi connectivity index (χ0n) is 12.2. The van der Waals surface area contributed by atoms with Gasteiger partial charge in [0.15, 0.2) is 0 Å². The SMILES string of the molecule is CCCOCC(N)Cc1ccc(C(C)(C)C)cc1. The molecule has 2 heteroatoms. The van der Waals surface area contributed by atoms with Gasteiger partial charge in [-0.15, -0.1) is 0 Å². The van der Waals surface area contributed by atoms with Gasteiger partial charge in [-0.25, -0.2) is 0 Å². The molecular formula is C16H27NO. The molecule has 0 aliphatic rings. The number of ether oxygens (including phenoxy) is 1. The van der Waals surface area contributed by atoms with Crippen molar-refractivity contribution < 1.29 is 4.74 Å². The van der Waals surface area contributed by atoms with Crippen molar-refractivity contribution in [2.24, 2.45) is 5.73 Å². The second-order valence-electron chi connectivity index (χ2n) is 5.99. The molecule has 1 unspecified atom stereocenters. The van der Waals surface area contributed by atoms with Gasteiger partial charge in [-0.1, -0.05) is 52.0 Å². The summed E-state index contributed by atoms with van der Waals surface area (Å²) in [6.45, 7) is 10.2. The van der Waals surface area contributed by atoms with Gasteiger partial charge in [0, 0.05) is 12.6 Å². The van der Waals surface area contributed by atoms with Crippen molar-refractivity contribution in [3.05, 3.63) is 35.4 Å².